The molecule has 0 N–H and O–H groups in total. The third kappa shape index (κ3) is 2.97. The maximum Gasteiger partial charge on any atom is 0.418 e. The maximum atomic E-state index is 13.1. The normalized spacial score (nSPS) is 16.0. The number of nitrogens with zero attached hydrogens (tertiary/aromatic N) is 3. The third-order valence-corrected chi connectivity index (χ3v) is 3.98. The first-order valence-electron chi connectivity index (χ1n) is 7.48. The molecule has 1 saturated heterocycles. The third-order valence-electron chi connectivity index (χ3n) is 3.98. The molecule has 1 aliphatic heterocycles. The van der Waals surface area contributed by atoms with E-state index in [9.17, 15) is 13.2 Å². The molecule has 0 unspecified atom stereocenters. The predicted octanol–water partition coefficient (Wildman–Crippen LogP) is 3.97. The van der Waals surface area contributed by atoms with Gasteiger partial charge in [-0.15, -0.1) is 0 Å². The highest BCUT2D eigenvalue weighted by atomic mass is 19.4. The van der Waals surface area contributed by atoms with Crippen LogP contribution in [0.1, 0.15) is 42.9 Å². The van der Waals surface area contributed by atoms with Crippen LogP contribution < -0.4 is 0 Å². The zero-order chi connectivity index (χ0) is 16.8. The molecule has 2 aromatic heterocycles. The number of ether oxygens (including phenoxy) is 1. The van der Waals surface area contributed by atoms with Crippen LogP contribution in [0.2, 0.25) is 0 Å². The van der Waals surface area contributed by atoms with Gasteiger partial charge in [-0.25, -0.2) is 4.98 Å². The number of halogens is 3. The lowest BCUT2D eigenvalue weighted by Crippen LogP contribution is -2.31. The van der Waals surface area contributed by atoms with Crippen LogP contribution in [0.25, 0.3) is 11.3 Å². The van der Waals surface area contributed by atoms with Gasteiger partial charge >= 0.3 is 6.18 Å². The van der Waals surface area contributed by atoms with Crippen LogP contribution in [0, 0.1) is 6.92 Å². The van der Waals surface area contributed by atoms with Crippen molar-refractivity contribution in [3.05, 3.63) is 35.5 Å². The van der Waals surface area contributed by atoms with E-state index < -0.39 is 11.7 Å². The van der Waals surface area contributed by atoms with Crippen LogP contribution in [0.4, 0.5) is 13.2 Å². The largest absolute Gasteiger partial charge is 0.418 e. The van der Waals surface area contributed by atoms with E-state index in [0.29, 0.717) is 24.5 Å². The van der Waals surface area contributed by atoms with Crippen molar-refractivity contribution in [3.8, 4) is 11.3 Å². The molecule has 0 aliphatic carbocycles. The van der Waals surface area contributed by atoms with E-state index in [4.69, 9.17) is 4.74 Å². The number of imidazole rings is 1. The van der Waals surface area contributed by atoms with Gasteiger partial charge in [0.1, 0.15) is 5.82 Å². The van der Waals surface area contributed by atoms with E-state index in [-0.39, 0.29) is 17.7 Å². The first-order chi connectivity index (χ1) is 10.8. The van der Waals surface area contributed by atoms with Crippen molar-refractivity contribution in [2.24, 2.45) is 0 Å². The van der Waals surface area contributed by atoms with Crippen molar-refractivity contribution in [3.63, 3.8) is 0 Å². The highest BCUT2D eigenvalue weighted by Gasteiger charge is 2.34. The summed E-state index contributed by atoms with van der Waals surface area (Å²) < 4.78 is 46.4. The first-order valence-corrected chi connectivity index (χ1v) is 7.48. The molecule has 0 bridgehead atoms. The number of aryl methyl sites for hydroxylation is 1. The van der Waals surface area contributed by atoms with Gasteiger partial charge in [0, 0.05) is 29.6 Å². The topological polar surface area (TPSA) is 39.9 Å². The van der Waals surface area contributed by atoms with E-state index in [1.165, 1.54) is 13.1 Å². The Labute approximate surface area is 132 Å². The molecular weight excluding hydrogens is 307 g/mol. The van der Waals surface area contributed by atoms with Crippen LogP contribution in [0.15, 0.2) is 18.5 Å². The Balaban J connectivity index is 2.05. The molecule has 124 valence electrons. The van der Waals surface area contributed by atoms with Crippen LogP contribution in [0.5, 0.6) is 0 Å². The summed E-state index contributed by atoms with van der Waals surface area (Å²) in [5.41, 5.74) is 0.141. The first kappa shape index (κ1) is 16.0. The number of aromatic nitrogens is 3. The second-order valence-electron chi connectivity index (χ2n) is 6.09. The van der Waals surface area contributed by atoms with Crippen LogP contribution in [-0.2, 0) is 10.9 Å². The molecule has 3 rings (SSSR count). The highest BCUT2D eigenvalue weighted by Crippen LogP contribution is 2.34. The summed E-state index contributed by atoms with van der Waals surface area (Å²) >= 11 is 0. The van der Waals surface area contributed by atoms with Gasteiger partial charge in [0.05, 0.1) is 30.5 Å². The summed E-state index contributed by atoms with van der Waals surface area (Å²) in [6, 6.07) is 1.32. The molecule has 3 heterocycles. The van der Waals surface area contributed by atoms with Gasteiger partial charge in [0.2, 0.25) is 0 Å². The molecule has 0 amide bonds. The fraction of sp³-hybridized carbons (Fsp3) is 0.500. The summed E-state index contributed by atoms with van der Waals surface area (Å²) in [6.07, 6.45) is -1.17. The Kier molecular flexibility index (Phi) is 3.91. The van der Waals surface area contributed by atoms with Crippen molar-refractivity contribution in [1.29, 1.82) is 0 Å². The second kappa shape index (κ2) is 5.63. The molecule has 0 radical (unpaired) electrons. The molecule has 23 heavy (non-hydrogen) atoms. The molecule has 4 nitrogen and oxygen atoms in total. The second-order valence-corrected chi connectivity index (χ2v) is 6.09. The monoisotopic (exact) mass is 325 g/mol. The smallest absolute Gasteiger partial charge is 0.377 e. The van der Waals surface area contributed by atoms with Gasteiger partial charge in [-0.1, -0.05) is 13.8 Å². The van der Waals surface area contributed by atoms with Gasteiger partial charge in [0.15, 0.2) is 0 Å². The average Bonchev–Trinajstić information content (AvgIpc) is 2.80. The average molecular weight is 325 g/mol. The molecule has 0 aromatic carbocycles. The summed E-state index contributed by atoms with van der Waals surface area (Å²) in [7, 11) is 0. The summed E-state index contributed by atoms with van der Waals surface area (Å²) in [6.45, 7) is 6.59. The molecule has 0 atom stereocenters. The van der Waals surface area contributed by atoms with Gasteiger partial charge in [0.25, 0.3) is 0 Å². The van der Waals surface area contributed by atoms with Gasteiger partial charge < -0.3 is 9.30 Å². The fourth-order valence-corrected chi connectivity index (χ4v) is 2.61. The summed E-state index contributed by atoms with van der Waals surface area (Å²) in [5, 5.41) is 0. The minimum atomic E-state index is -4.42. The van der Waals surface area contributed by atoms with Gasteiger partial charge in [-0.05, 0) is 13.0 Å². The zero-order valence-electron chi connectivity index (χ0n) is 13.2. The van der Waals surface area contributed by atoms with Crippen molar-refractivity contribution >= 4 is 0 Å². The Hall–Kier alpha value is -1.89. The Bertz CT molecular complexity index is 718. The Morgan fingerprint density at radius 1 is 1.30 bits per heavy atom. The highest BCUT2D eigenvalue weighted by molar-refractivity contribution is 5.59. The number of hydrogen-bond donors (Lipinski definition) is 0. The molecule has 0 saturated carbocycles. The quantitative estimate of drug-likeness (QED) is 0.857. The summed E-state index contributed by atoms with van der Waals surface area (Å²) in [5.74, 6) is 1.02. The number of pyridine rings is 1. The predicted molar refractivity (Wildman–Crippen MR) is 79.1 cm³/mol. The maximum absolute atomic E-state index is 13.1. The van der Waals surface area contributed by atoms with Crippen molar-refractivity contribution in [2.75, 3.05) is 13.2 Å². The SMILES string of the molecule is Cc1ncc(-c2cn(C3COC3)c(C(C)C)n2)cc1C(F)(F)F. The van der Waals surface area contributed by atoms with E-state index >= 15 is 0 Å². The van der Waals surface area contributed by atoms with Crippen molar-refractivity contribution in [2.45, 2.75) is 38.9 Å². The summed E-state index contributed by atoms with van der Waals surface area (Å²) in [4.78, 5) is 8.43. The minimum absolute atomic E-state index is 0.0304. The van der Waals surface area contributed by atoms with E-state index in [2.05, 4.69) is 9.97 Å². The minimum Gasteiger partial charge on any atom is -0.377 e. The lowest BCUT2D eigenvalue weighted by atomic mass is 10.1. The number of rotatable bonds is 3. The lowest BCUT2D eigenvalue weighted by Gasteiger charge is -2.29. The van der Waals surface area contributed by atoms with Crippen molar-refractivity contribution in [1.82, 2.24) is 14.5 Å². The fourth-order valence-electron chi connectivity index (χ4n) is 2.61. The number of alkyl halides is 3. The molecule has 1 aliphatic rings. The molecule has 1 fully saturated rings. The molecule has 7 heteroatoms. The lowest BCUT2D eigenvalue weighted by molar-refractivity contribution is -0.138. The van der Waals surface area contributed by atoms with Gasteiger partial charge in [-0.2, -0.15) is 13.2 Å². The van der Waals surface area contributed by atoms with Crippen LogP contribution in [0.3, 0.4) is 0 Å². The van der Waals surface area contributed by atoms with Crippen LogP contribution >= 0.6 is 0 Å². The van der Waals surface area contributed by atoms with E-state index in [0.717, 1.165) is 11.9 Å². The standard InChI is InChI=1S/C16H18F3N3O/c1-9(2)15-21-14(6-22(15)12-7-23-8-12)11-4-13(16(17,18)19)10(3)20-5-11/h4-6,9,12H,7-8H2,1-3H3. The molecule has 0 spiro atoms. The molecular formula is C16H18F3N3O. The Morgan fingerprint density at radius 3 is 2.52 bits per heavy atom. The van der Waals surface area contributed by atoms with Crippen molar-refractivity contribution < 1.29 is 17.9 Å². The van der Waals surface area contributed by atoms with Gasteiger partial charge in [-0.3, -0.25) is 4.98 Å². The van der Waals surface area contributed by atoms with E-state index in [1.807, 2.05) is 18.4 Å². The molecule has 2 aromatic rings. The number of hydrogen-bond acceptors (Lipinski definition) is 3. The Morgan fingerprint density at radius 2 is 2.00 bits per heavy atom. The zero-order valence-corrected chi connectivity index (χ0v) is 13.2. The van der Waals surface area contributed by atoms with Crippen LogP contribution in [-0.4, -0.2) is 27.7 Å². The van der Waals surface area contributed by atoms with E-state index in [1.54, 1.807) is 6.20 Å².